The van der Waals surface area contributed by atoms with E-state index in [0.717, 1.165) is 36.2 Å². The zero-order valence-electron chi connectivity index (χ0n) is 18.2. The van der Waals surface area contributed by atoms with Crippen LogP contribution in [0.1, 0.15) is 29.3 Å². The molecule has 166 valence electrons. The number of thiophene rings is 1. The highest BCUT2D eigenvalue weighted by atomic mass is 32.1. The van der Waals surface area contributed by atoms with Gasteiger partial charge in [-0.3, -0.25) is 14.1 Å². The van der Waals surface area contributed by atoms with E-state index in [1.165, 1.54) is 4.88 Å². The summed E-state index contributed by atoms with van der Waals surface area (Å²) in [6, 6.07) is 20.3. The molecule has 5 aromatic rings. The number of para-hydroxylation sites is 1. The Morgan fingerprint density at radius 1 is 1.09 bits per heavy atom. The van der Waals surface area contributed by atoms with Gasteiger partial charge >= 0.3 is 0 Å². The van der Waals surface area contributed by atoms with E-state index in [-0.39, 0.29) is 5.56 Å². The number of fused-ring (bicyclic) bond motifs is 3. The minimum absolute atomic E-state index is 0.0910. The number of hydrogen-bond donors (Lipinski definition) is 0. The van der Waals surface area contributed by atoms with Gasteiger partial charge in [-0.05, 0) is 67.7 Å². The molecular formula is C25H23N5OS2. The van der Waals surface area contributed by atoms with Gasteiger partial charge in [0.2, 0.25) is 10.5 Å². The van der Waals surface area contributed by atoms with Gasteiger partial charge in [-0.1, -0.05) is 35.9 Å². The maximum Gasteiger partial charge on any atom is 0.267 e. The average Bonchev–Trinajstić information content (AvgIpc) is 3.57. The normalized spacial score (nSPS) is 16.8. The Kier molecular flexibility index (Phi) is 5.01. The third-order valence-corrected chi connectivity index (χ3v) is 7.81. The van der Waals surface area contributed by atoms with Gasteiger partial charge < -0.3 is 0 Å². The maximum absolute atomic E-state index is 13.6. The summed E-state index contributed by atoms with van der Waals surface area (Å²) in [5.41, 5.74) is 2.62. The number of rotatable bonds is 4. The predicted molar refractivity (Wildman–Crippen MR) is 135 cm³/mol. The maximum atomic E-state index is 13.6. The lowest BCUT2D eigenvalue weighted by Crippen LogP contribution is -2.26. The third-order valence-electron chi connectivity index (χ3n) is 6.44. The highest BCUT2D eigenvalue weighted by molar-refractivity contribution is 7.71. The largest absolute Gasteiger partial charge is 0.276 e. The summed E-state index contributed by atoms with van der Waals surface area (Å²) < 4.78 is 6.07. The van der Waals surface area contributed by atoms with Crippen LogP contribution in [0.2, 0.25) is 0 Å². The molecule has 0 spiro atoms. The summed E-state index contributed by atoms with van der Waals surface area (Å²) >= 11 is 7.73. The molecule has 0 bridgehead atoms. The fourth-order valence-electron chi connectivity index (χ4n) is 4.80. The second kappa shape index (κ2) is 8.06. The summed E-state index contributed by atoms with van der Waals surface area (Å²) in [5.74, 6) is 0.541. The molecule has 1 unspecified atom stereocenters. The number of aromatic nitrogens is 4. The Balaban J connectivity index is 1.55. The smallest absolute Gasteiger partial charge is 0.267 e. The number of likely N-dealkylation sites (tertiary alicyclic amines) is 1. The van der Waals surface area contributed by atoms with E-state index in [1.807, 2.05) is 64.5 Å². The van der Waals surface area contributed by atoms with Crippen LogP contribution in [0.3, 0.4) is 0 Å². The molecule has 6 nitrogen and oxygen atoms in total. The van der Waals surface area contributed by atoms with Crippen LogP contribution in [0.4, 0.5) is 0 Å². The van der Waals surface area contributed by atoms with Gasteiger partial charge in [-0.2, -0.15) is 0 Å². The minimum atomic E-state index is -0.0910. The van der Waals surface area contributed by atoms with E-state index >= 15 is 0 Å². The Bertz CT molecular complexity index is 1580. The molecule has 0 radical (unpaired) electrons. The number of hydrogen-bond acceptors (Lipinski definition) is 5. The van der Waals surface area contributed by atoms with Crippen molar-refractivity contribution in [1.82, 2.24) is 23.6 Å². The zero-order chi connectivity index (χ0) is 22.5. The van der Waals surface area contributed by atoms with Crippen molar-refractivity contribution in [1.29, 1.82) is 0 Å². The number of aryl methyl sites for hydroxylation is 1. The molecule has 0 amide bonds. The molecule has 8 heteroatoms. The van der Waals surface area contributed by atoms with Crippen molar-refractivity contribution in [2.24, 2.45) is 0 Å². The van der Waals surface area contributed by atoms with Gasteiger partial charge in [0.05, 0.1) is 23.3 Å². The van der Waals surface area contributed by atoms with Gasteiger partial charge in [-0.25, -0.2) is 9.25 Å². The lowest BCUT2D eigenvalue weighted by atomic mass is 10.2. The van der Waals surface area contributed by atoms with Gasteiger partial charge in [0.25, 0.3) is 5.56 Å². The first-order chi connectivity index (χ1) is 16.1. The Morgan fingerprint density at radius 2 is 1.91 bits per heavy atom. The van der Waals surface area contributed by atoms with Gasteiger partial charge in [0.1, 0.15) is 0 Å². The van der Waals surface area contributed by atoms with Crippen LogP contribution >= 0.6 is 23.6 Å². The van der Waals surface area contributed by atoms with Crippen molar-refractivity contribution in [3.05, 3.63) is 91.6 Å². The standard InChI is InChI=1S/C25H23N5OS2/c1-17-10-12-18(13-11-17)29-23(31)19-6-2-3-7-20(19)30-24(29)26-28(25(30)32)16-27-14-4-8-21(27)22-9-5-15-33-22/h2-3,5-7,9-13,15,21H,4,8,14,16H2,1H3. The van der Waals surface area contributed by atoms with Crippen molar-refractivity contribution >= 4 is 40.2 Å². The first-order valence-electron chi connectivity index (χ1n) is 11.1. The molecule has 33 heavy (non-hydrogen) atoms. The average molecular weight is 474 g/mol. The zero-order valence-corrected chi connectivity index (χ0v) is 19.9. The van der Waals surface area contributed by atoms with Crippen LogP contribution in [0, 0.1) is 11.7 Å². The molecule has 1 atom stereocenters. The van der Waals surface area contributed by atoms with Crippen LogP contribution < -0.4 is 5.56 Å². The number of benzene rings is 2. The molecule has 6 rings (SSSR count). The summed E-state index contributed by atoms with van der Waals surface area (Å²) in [6.07, 6.45) is 2.29. The minimum Gasteiger partial charge on any atom is -0.276 e. The Morgan fingerprint density at radius 3 is 2.70 bits per heavy atom. The molecule has 4 heterocycles. The topological polar surface area (TPSA) is 47.5 Å². The van der Waals surface area contributed by atoms with E-state index in [1.54, 1.807) is 15.9 Å². The molecule has 1 aliphatic rings. The summed E-state index contributed by atoms with van der Waals surface area (Å²) in [4.78, 5) is 17.4. The summed E-state index contributed by atoms with van der Waals surface area (Å²) in [6.45, 7) is 3.64. The second-order valence-electron chi connectivity index (χ2n) is 8.54. The molecule has 3 aromatic heterocycles. The van der Waals surface area contributed by atoms with Crippen LogP contribution in [0.5, 0.6) is 0 Å². The SMILES string of the molecule is Cc1ccc(-n2c(=O)c3ccccc3n3c(=S)n(CN4CCCC4c4cccs4)nc23)cc1. The molecule has 2 aromatic carbocycles. The molecule has 0 aliphatic carbocycles. The lowest BCUT2D eigenvalue weighted by Gasteiger charge is -2.23. The van der Waals surface area contributed by atoms with Crippen molar-refractivity contribution in [2.75, 3.05) is 6.54 Å². The van der Waals surface area contributed by atoms with Crippen LogP contribution in [0.15, 0.2) is 70.8 Å². The van der Waals surface area contributed by atoms with Crippen LogP contribution in [-0.2, 0) is 6.67 Å². The van der Waals surface area contributed by atoms with E-state index in [9.17, 15) is 4.79 Å². The van der Waals surface area contributed by atoms with E-state index in [4.69, 9.17) is 17.3 Å². The van der Waals surface area contributed by atoms with Crippen LogP contribution in [-0.4, -0.2) is 30.2 Å². The lowest BCUT2D eigenvalue weighted by molar-refractivity contribution is 0.192. The predicted octanol–water partition coefficient (Wildman–Crippen LogP) is 5.33. The highest BCUT2D eigenvalue weighted by Crippen LogP contribution is 2.34. The highest BCUT2D eigenvalue weighted by Gasteiger charge is 2.28. The molecule has 1 fully saturated rings. The van der Waals surface area contributed by atoms with Gasteiger partial charge in [0, 0.05) is 17.5 Å². The third kappa shape index (κ3) is 3.37. The van der Waals surface area contributed by atoms with Crippen molar-refractivity contribution in [2.45, 2.75) is 32.5 Å². The molecule has 0 N–H and O–H groups in total. The van der Waals surface area contributed by atoms with E-state index in [0.29, 0.717) is 28.6 Å². The van der Waals surface area contributed by atoms with Crippen molar-refractivity contribution < 1.29 is 0 Å². The fraction of sp³-hybridized carbons (Fsp3) is 0.240. The van der Waals surface area contributed by atoms with Crippen molar-refractivity contribution in [3.8, 4) is 5.69 Å². The first-order valence-corrected chi connectivity index (χ1v) is 12.4. The quantitative estimate of drug-likeness (QED) is 0.331. The molecule has 1 aliphatic heterocycles. The first kappa shape index (κ1) is 20.5. The summed E-state index contributed by atoms with van der Waals surface area (Å²) in [7, 11) is 0. The Labute approximate surface area is 199 Å². The van der Waals surface area contributed by atoms with Gasteiger partial charge in [-0.15, -0.1) is 16.4 Å². The fourth-order valence-corrected chi connectivity index (χ4v) is 5.98. The van der Waals surface area contributed by atoms with Crippen LogP contribution in [0.25, 0.3) is 22.4 Å². The van der Waals surface area contributed by atoms with Crippen molar-refractivity contribution in [3.63, 3.8) is 0 Å². The molecule has 1 saturated heterocycles. The monoisotopic (exact) mass is 473 g/mol. The van der Waals surface area contributed by atoms with E-state index in [2.05, 4.69) is 22.4 Å². The summed E-state index contributed by atoms with van der Waals surface area (Å²) in [5, 5.41) is 7.66. The van der Waals surface area contributed by atoms with E-state index < -0.39 is 0 Å². The molecule has 0 saturated carbocycles. The second-order valence-corrected chi connectivity index (χ2v) is 9.88. The van der Waals surface area contributed by atoms with Gasteiger partial charge in [0.15, 0.2) is 0 Å². The molecular weight excluding hydrogens is 450 g/mol. The Hall–Kier alpha value is -3.07. The number of nitrogens with zero attached hydrogens (tertiary/aromatic N) is 5.